The first kappa shape index (κ1) is 21.0. The van der Waals surface area contributed by atoms with E-state index in [9.17, 15) is 14.4 Å². The fourth-order valence-corrected chi connectivity index (χ4v) is 3.26. The van der Waals surface area contributed by atoms with Crippen molar-refractivity contribution < 1.29 is 33.4 Å². The van der Waals surface area contributed by atoms with E-state index in [-0.39, 0.29) is 25.7 Å². The lowest BCUT2D eigenvalue weighted by atomic mass is 9.98. The summed E-state index contributed by atoms with van der Waals surface area (Å²) >= 11 is 0. The molecule has 1 aliphatic rings. The van der Waals surface area contributed by atoms with Crippen molar-refractivity contribution in [3.63, 3.8) is 0 Å². The van der Waals surface area contributed by atoms with Gasteiger partial charge in [0.25, 0.3) is 5.71 Å². The molecule has 0 radical (unpaired) electrons. The van der Waals surface area contributed by atoms with Crippen LogP contribution < -0.4 is 0 Å². The summed E-state index contributed by atoms with van der Waals surface area (Å²) in [5.74, 6) is -2.27. The van der Waals surface area contributed by atoms with Gasteiger partial charge >= 0.3 is 18.1 Å². The molecule has 0 spiro atoms. The molecule has 30 heavy (non-hydrogen) atoms. The molecule has 0 saturated carbocycles. The molecule has 0 unspecified atom stereocenters. The first-order chi connectivity index (χ1) is 14.6. The molecular formula is C22H21NO7. The molecular weight excluding hydrogens is 390 g/mol. The van der Waals surface area contributed by atoms with Gasteiger partial charge < -0.3 is 14.2 Å². The molecule has 2 aromatic carbocycles. The molecule has 0 fully saturated rings. The first-order valence-corrected chi connectivity index (χ1v) is 9.51. The van der Waals surface area contributed by atoms with Crippen LogP contribution in [0.2, 0.25) is 0 Å². The predicted octanol–water partition coefficient (Wildman–Crippen LogP) is 3.43. The van der Waals surface area contributed by atoms with E-state index in [2.05, 4.69) is 9.99 Å². The maximum absolute atomic E-state index is 12.0. The largest absolute Gasteiger partial charge is 0.535 e. The zero-order chi connectivity index (χ0) is 21.5. The molecule has 0 amide bonds. The quantitative estimate of drug-likeness (QED) is 0.172. The molecule has 0 bridgehead atoms. The number of ether oxygens (including phenoxy) is 3. The average molecular weight is 411 g/mol. The molecule has 0 N–H and O–H groups in total. The Morgan fingerprint density at radius 2 is 1.30 bits per heavy atom. The second-order valence-electron chi connectivity index (χ2n) is 6.26. The fraction of sp³-hybridized carbons (Fsp3) is 0.273. The number of oxime groups is 1. The third kappa shape index (κ3) is 4.48. The van der Waals surface area contributed by atoms with Gasteiger partial charge in [-0.15, -0.1) is 0 Å². The second kappa shape index (κ2) is 9.69. The topological polar surface area (TPSA) is 100 Å². The van der Waals surface area contributed by atoms with Crippen LogP contribution in [-0.2, 0) is 28.6 Å². The zero-order valence-electron chi connectivity index (χ0n) is 16.6. The van der Waals surface area contributed by atoms with E-state index in [4.69, 9.17) is 14.2 Å². The highest BCUT2D eigenvalue weighted by Gasteiger charge is 2.30. The van der Waals surface area contributed by atoms with E-state index in [1.165, 1.54) is 0 Å². The zero-order valence-corrected chi connectivity index (χ0v) is 16.6. The molecule has 156 valence electrons. The van der Waals surface area contributed by atoms with Crippen LogP contribution in [0.15, 0.2) is 53.7 Å². The van der Waals surface area contributed by atoms with E-state index >= 15 is 0 Å². The Bertz CT molecular complexity index is 917. The number of nitrogens with zero attached hydrogens (tertiary/aromatic N) is 1. The first-order valence-electron chi connectivity index (χ1n) is 9.51. The number of carbonyl (C=O) groups is 3. The molecule has 8 nitrogen and oxygen atoms in total. The Balaban J connectivity index is 1.69. The second-order valence-corrected chi connectivity index (χ2v) is 6.26. The van der Waals surface area contributed by atoms with Crippen molar-refractivity contribution in [3.8, 4) is 11.1 Å². The smallest absolute Gasteiger partial charge is 0.461 e. The minimum Gasteiger partial charge on any atom is -0.461 e. The minimum absolute atomic E-state index is 0.0104. The van der Waals surface area contributed by atoms with Crippen molar-refractivity contribution in [2.75, 3.05) is 19.8 Å². The lowest BCUT2D eigenvalue weighted by molar-refractivity contribution is -0.140. The fourth-order valence-electron chi connectivity index (χ4n) is 3.26. The summed E-state index contributed by atoms with van der Waals surface area (Å²) in [6.07, 6.45) is -1.15. The number of fused-ring (bicyclic) bond motifs is 3. The van der Waals surface area contributed by atoms with Crippen LogP contribution in [0.4, 0.5) is 4.79 Å². The van der Waals surface area contributed by atoms with Crippen molar-refractivity contribution in [1.82, 2.24) is 0 Å². The average Bonchev–Trinajstić information content (AvgIpc) is 3.06. The molecule has 1 aliphatic carbocycles. The number of benzene rings is 2. The van der Waals surface area contributed by atoms with Gasteiger partial charge in [0.2, 0.25) is 0 Å². The van der Waals surface area contributed by atoms with Crippen LogP contribution in [0, 0.1) is 0 Å². The summed E-state index contributed by atoms with van der Waals surface area (Å²) in [4.78, 5) is 40.3. The maximum atomic E-state index is 12.0. The normalized spacial score (nSPS) is 11.7. The molecule has 3 rings (SSSR count). The molecule has 0 aromatic heterocycles. The summed E-state index contributed by atoms with van der Waals surface area (Å²) in [6, 6.07) is 15.7. The van der Waals surface area contributed by atoms with E-state index < -0.39 is 23.8 Å². The Labute approximate surface area is 173 Å². The van der Waals surface area contributed by atoms with E-state index in [0.717, 1.165) is 22.3 Å². The molecule has 2 aromatic rings. The lowest BCUT2D eigenvalue weighted by Crippen LogP contribution is -2.29. The predicted molar refractivity (Wildman–Crippen MR) is 107 cm³/mol. The Morgan fingerprint density at radius 1 is 0.800 bits per heavy atom. The van der Waals surface area contributed by atoms with Crippen LogP contribution in [0.3, 0.4) is 0 Å². The maximum Gasteiger partial charge on any atom is 0.535 e. The SMILES string of the molecule is CCOC(=O)C(=NOC(=O)OCC1c2ccccc2-c2ccccc21)C(=O)OCC. The summed E-state index contributed by atoms with van der Waals surface area (Å²) < 4.78 is 14.6. The van der Waals surface area contributed by atoms with Crippen LogP contribution in [0.5, 0.6) is 0 Å². The van der Waals surface area contributed by atoms with Crippen molar-refractivity contribution in [3.05, 3.63) is 59.7 Å². The van der Waals surface area contributed by atoms with Crippen LogP contribution in [0.25, 0.3) is 11.1 Å². The Morgan fingerprint density at radius 3 is 1.80 bits per heavy atom. The van der Waals surface area contributed by atoms with Gasteiger partial charge in [-0.25, -0.2) is 14.4 Å². The third-order valence-corrected chi connectivity index (χ3v) is 4.48. The highest BCUT2D eigenvalue weighted by Crippen LogP contribution is 2.44. The molecule has 0 heterocycles. The number of esters is 2. The van der Waals surface area contributed by atoms with Crippen molar-refractivity contribution in [2.45, 2.75) is 19.8 Å². The summed E-state index contributed by atoms with van der Waals surface area (Å²) in [5, 5.41) is 3.29. The Hall–Kier alpha value is -3.68. The highest BCUT2D eigenvalue weighted by molar-refractivity contribution is 6.62. The van der Waals surface area contributed by atoms with E-state index in [1.54, 1.807) is 13.8 Å². The minimum atomic E-state index is -1.15. The van der Waals surface area contributed by atoms with E-state index in [1.807, 2.05) is 48.5 Å². The monoisotopic (exact) mass is 411 g/mol. The van der Waals surface area contributed by atoms with Crippen LogP contribution >= 0.6 is 0 Å². The van der Waals surface area contributed by atoms with Gasteiger partial charge in [-0.2, -0.15) is 0 Å². The van der Waals surface area contributed by atoms with Crippen LogP contribution in [0.1, 0.15) is 30.9 Å². The number of rotatable bonds is 7. The van der Waals surface area contributed by atoms with Crippen molar-refractivity contribution >= 4 is 23.8 Å². The van der Waals surface area contributed by atoms with E-state index in [0.29, 0.717) is 0 Å². The van der Waals surface area contributed by atoms with Crippen LogP contribution in [-0.4, -0.2) is 43.6 Å². The molecule has 8 heteroatoms. The van der Waals surface area contributed by atoms with Gasteiger partial charge in [0.15, 0.2) is 0 Å². The third-order valence-electron chi connectivity index (χ3n) is 4.48. The van der Waals surface area contributed by atoms with Crippen molar-refractivity contribution in [2.24, 2.45) is 5.16 Å². The number of hydrogen-bond donors (Lipinski definition) is 0. The van der Waals surface area contributed by atoms with Gasteiger partial charge in [-0.1, -0.05) is 53.7 Å². The van der Waals surface area contributed by atoms with Gasteiger partial charge in [0.1, 0.15) is 6.61 Å². The van der Waals surface area contributed by atoms with Gasteiger partial charge in [-0.05, 0) is 36.1 Å². The summed E-state index contributed by atoms with van der Waals surface area (Å²) in [7, 11) is 0. The highest BCUT2D eigenvalue weighted by atomic mass is 16.8. The van der Waals surface area contributed by atoms with Gasteiger partial charge in [-0.3, -0.25) is 4.84 Å². The number of carbonyl (C=O) groups excluding carboxylic acids is 3. The lowest BCUT2D eigenvalue weighted by Gasteiger charge is -2.13. The Kier molecular flexibility index (Phi) is 6.79. The number of hydrogen-bond acceptors (Lipinski definition) is 8. The van der Waals surface area contributed by atoms with Gasteiger partial charge in [0, 0.05) is 5.92 Å². The summed E-state index contributed by atoms with van der Waals surface area (Å²) in [6.45, 7) is 3.17. The molecule has 0 aliphatic heterocycles. The molecule has 0 atom stereocenters. The summed E-state index contributed by atoms with van der Waals surface area (Å²) in [5.41, 5.74) is 3.47. The van der Waals surface area contributed by atoms with Crippen molar-refractivity contribution in [1.29, 1.82) is 0 Å². The van der Waals surface area contributed by atoms with Gasteiger partial charge in [0.05, 0.1) is 13.2 Å². The standard InChI is InChI=1S/C22H21NO7/c1-3-27-20(24)19(21(25)28-4-2)23-30-22(26)29-13-18-16-11-7-5-9-14(16)15-10-6-8-12-17(15)18/h5-12,18H,3-4,13H2,1-2H3. The molecule has 0 saturated heterocycles.